The number of rotatable bonds is 5. The maximum atomic E-state index is 6.09. The van der Waals surface area contributed by atoms with Crippen LogP contribution in [0.15, 0.2) is 24.3 Å². The van der Waals surface area contributed by atoms with Crippen molar-refractivity contribution in [1.82, 2.24) is 4.90 Å². The van der Waals surface area contributed by atoms with Crippen molar-refractivity contribution < 1.29 is 9.47 Å². The zero-order chi connectivity index (χ0) is 15.4. The zero-order valence-electron chi connectivity index (χ0n) is 13.5. The van der Waals surface area contributed by atoms with E-state index in [4.69, 9.17) is 15.2 Å². The Kier molecular flexibility index (Phi) is 5.34. The first-order chi connectivity index (χ1) is 10.7. The lowest BCUT2D eigenvalue weighted by molar-refractivity contribution is 0.0679. The fourth-order valence-corrected chi connectivity index (χ4v) is 3.31. The molecule has 2 aliphatic heterocycles. The molecule has 3 rings (SSSR count). The Morgan fingerprint density at radius 1 is 1.27 bits per heavy atom. The van der Waals surface area contributed by atoms with Gasteiger partial charge < -0.3 is 15.2 Å². The second-order valence-corrected chi connectivity index (χ2v) is 6.75. The minimum Gasteiger partial charge on any atom is -0.491 e. The monoisotopic (exact) mass is 304 g/mol. The smallest absolute Gasteiger partial charge is 0.119 e. The van der Waals surface area contributed by atoms with Gasteiger partial charge in [0.05, 0.1) is 6.10 Å². The van der Waals surface area contributed by atoms with Crippen LogP contribution in [0, 0.1) is 5.92 Å². The molecule has 0 spiro atoms. The van der Waals surface area contributed by atoms with Gasteiger partial charge in [0.15, 0.2) is 0 Å². The summed E-state index contributed by atoms with van der Waals surface area (Å²) in [5.74, 6) is 1.52. The molecule has 0 bridgehead atoms. The average Bonchev–Trinajstić information content (AvgIpc) is 3.04. The van der Waals surface area contributed by atoms with Crippen molar-refractivity contribution in [2.24, 2.45) is 11.7 Å². The topological polar surface area (TPSA) is 47.7 Å². The maximum absolute atomic E-state index is 6.09. The summed E-state index contributed by atoms with van der Waals surface area (Å²) in [5, 5.41) is 0. The Balaban J connectivity index is 1.46. The van der Waals surface area contributed by atoms with E-state index in [0.29, 0.717) is 18.6 Å². The van der Waals surface area contributed by atoms with Gasteiger partial charge in [0.2, 0.25) is 0 Å². The predicted octanol–water partition coefficient (Wildman–Crippen LogP) is 2.41. The summed E-state index contributed by atoms with van der Waals surface area (Å²) in [6, 6.07) is 8.85. The largest absolute Gasteiger partial charge is 0.491 e. The van der Waals surface area contributed by atoms with Crippen LogP contribution >= 0.6 is 0 Å². The van der Waals surface area contributed by atoms with Gasteiger partial charge in [0.25, 0.3) is 0 Å². The molecule has 0 radical (unpaired) electrons. The van der Waals surface area contributed by atoms with E-state index in [9.17, 15) is 0 Å². The van der Waals surface area contributed by atoms with Crippen LogP contribution in [-0.4, -0.2) is 43.3 Å². The lowest BCUT2D eigenvalue weighted by Crippen LogP contribution is -2.45. The second-order valence-electron chi connectivity index (χ2n) is 6.75. The average molecular weight is 304 g/mol. The van der Waals surface area contributed by atoms with Crippen LogP contribution in [0.4, 0.5) is 0 Å². The Morgan fingerprint density at radius 2 is 2.09 bits per heavy atom. The molecule has 3 unspecified atom stereocenters. The maximum Gasteiger partial charge on any atom is 0.119 e. The normalized spacial score (nSPS) is 29.6. The molecule has 2 heterocycles. The van der Waals surface area contributed by atoms with Crippen LogP contribution in [0.3, 0.4) is 0 Å². The summed E-state index contributed by atoms with van der Waals surface area (Å²) < 4.78 is 11.4. The predicted molar refractivity (Wildman–Crippen MR) is 87.9 cm³/mol. The van der Waals surface area contributed by atoms with E-state index in [-0.39, 0.29) is 6.10 Å². The molecular formula is C18H28N2O2. The highest BCUT2D eigenvalue weighted by Crippen LogP contribution is 2.20. The number of ether oxygens (including phenoxy) is 2. The SMILES string of the molecule is CC1CN(Cc2ccc(OCC3CCCO3)cc2)CCC1N. The molecule has 3 atom stereocenters. The first-order valence-corrected chi connectivity index (χ1v) is 8.52. The Labute approximate surface area is 133 Å². The van der Waals surface area contributed by atoms with Gasteiger partial charge in [-0.3, -0.25) is 4.90 Å². The molecule has 2 N–H and O–H groups in total. The quantitative estimate of drug-likeness (QED) is 0.907. The zero-order valence-corrected chi connectivity index (χ0v) is 13.5. The minimum absolute atomic E-state index is 0.277. The van der Waals surface area contributed by atoms with Gasteiger partial charge in [0.1, 0.15) is 12.4 Å². The molecule has 0 amide bonds. The molecule has 2 saturated heterocycles. The van der Waals surface area contributed by atoms with Crippen LogP contribution in [0.2, 0.25) is 0 Å². The van der Waals surface area contributed by atoms with Crippen molar-refractivity contribution >= 4 is 0 Å². The van der Waals surface area contributed by atoms with E-state index in [1.54, 1.807) is 0 Å². The highest BCUT2D eigenvalue weighted by Gasteiger charge is 2.22. The summed E-state index contributed by atoms with van der Waals surface area (Å²) in [5.41, 5.74) is 7.43. The highest BCUT2D eigenvalue weighted by atomic mass is 16.5. The third kappa shape index (κ3) is 4.22. The van der Waals surface area contributed by atoms with Gasteiger partial charge in [-0.1, -0.05) is 19.1 Å². The van der Waals surface area contributed by atoms with Gasteiger partial charge in [0, 0.05) is 25.7 Å². The fourth-order valence-electron chi connectivity index (χ4n) is 3.31. The van der Waals surface area contributed by atoms with E-state index >= 15 is 0 Å². The second kappa shape index (κ2) is 7.44. The van der Waals surface area contributed by atoms with E-state index in [1.165, 1.54) is 5.56 Å². The van der Waals surface area contributed by atoms with Crippen LogP contribution in [-0.2, 0) is 11.3 Å². The van der Waals surface area contributed by atoms with E-state index in [2.05, 4.69) is 36.1 Å². The van der Waals surface area contributed by atoms with Gasteiger partial charge >= 0.3 is 0 Å². The van der Waals surface area contributed by atoms with Gasteiger partial charge in [-0.15, -0.1) is 0 Å². The van der Waals surface area contributed by atoms with Crippen LogP contribution in [0.1, 0.15) is 31.7 Å². The first-order valence-electron chi connectivity index (χ1n) is 8.52. The van der Waals surface area contributed by atoms with E-state index < -0.39 is 0 Å². The van der Waals surface area contributed by atoms with Crippen LogP contribution in [0.5, 0.6) is 5.75 Å². The fraction of sp³-hybridized carbons (Fsp3) is 0.667. The molecule has 1 aromatic carbocycles. The Hall–Kier alpha value is -1.10. The molecule has 0 aromatic heterocycles. The minimum atomic E-state index is 0.277. The summed E-state index contributed by atoms with van der Waals surface area (Å²) in [4.78, 5) is 2.50. The molecule has 2 aliphatic rings. The summed E-state index contributed by atoms with van der Waals surface area (Å²) in [6.07, 6.45) is 3.65. The molecule has 0 aliphatic carbocycles. The lowest BCUT2D eigenvalue weighted by Gasteiger charge is -2.35. The van der Waals surface area contributed by atoms with Gasteiger partial charge in [-0.05, 0) is 49.4 Å². The number of likely N-dealkylation sites (tertiary alicyclic amines) is 1. The molecule has 4 heteroatoms. The van der Waals surface area contributed by atoms with Crippen molar-refractivity contribution in [3.8, 4) is 5.75 Å². The summed E-state index contributed by atoms with van der Waals surface area (Å²) >= 11 is 0. The van der Waals surface area contributed by atoms with Gasteiger partial charge in [-0.2, -0.15) is 0 Å². The van der Waals surface area contributed by atoms with Crippen LogP contribution in [0.25, 0.3) is 0 Å². The lowest BCUT2D eigenvalue weighted by atomic mass is 9.94. The summed E-state index contributed by atoms with van der Waals surface area (Å²) in [7, 11) is 0. The molecule has 22 heavy (non-hydrogen) atoms. The first kappa shape index (κ1) is 15.8. The molecular weight excluding hydrogens is 276 g/mol. The molecule has 0 saturated carbocycles. The molecule has 2 fully saturated rings. The molecule has 1 aromatic rings. The number of hydrogen-bond donors (Lipinski definition) is 1. The Bertz CT molecular complexity index is 457. The van der Waals surface area contributed by atoms with Crippen LogP contribution < -0.4 is 10.5 Å². The number of nitrogens with two attached hydrogens (primary N) is 1. The Morgan fingerprint density at radius 3 is 2.77 bits per heavy atom. The summed E-state index contributed by atoms with van der Waals surface area (Å²) in [6.45, 7) is 6.99. The van der Waals surface area contributed by atoms with E-state index in [1.807, 2.05) is 0 Å². The third-order valence-electron chi connectivity index (χ3n) is 4.85. The number of benzene rings is 1. The van der Waals surface area contributed by atoms with Crippen molar-refractivity contribution in [3.05, 3.63) is 29.8 Å². The van der Waals surface area contributed by atoms with Gasteiger partial charge in [-0.25, -0.2) is 0 Å². The third-order valence-corrected chi connectivity index (χ3v) is 4.85. The number of nitrogens with zero attached hydrogens (tertiary/aromatic N) is 1. The molecule has 122 valence electrons. The van der Waals surface area contributed by atoms with Crippen molar-refractivity contribution in [1.29, 1.82) is 0 Å². The van der Waals surface area contributed by atoms with Crippen molar-refractivity contribution in [2.45, 2.75) is 44.9 Å². The number of piperidine rings is 1. The van der Waals surface area contributed by atoms with E-state index in [0.717, 1.165) is 51.3 Å². The standard InChI is InChI=1S/C18H28N2O2/c1-14-11-20(9-8-18(14)19)12-15-4-6-16(7-5-15)22-13-17-3-2-10-21-17/h4-7,14,17-18H,2-3,8-13,19H2,1H3. The number of hydrogen-bond acceptors (Lipinski definition) is 4. The van der Waals surface area contributed by atoms with Crippen molar-refractivity contribution in [2.75, 3.05) is 26.3 Å². The molecule has 4 nitrogen and oxygen atoms in total. The van der Waals surface area contributed by atoms with Crippen molar-refractivity contribution in [3.63, 3.8) is 0 Å². The highest BCUT2D eigenvalue weighted by molar-refractivity contribution is 5.27.